The Labute approximate surface area is 171 Å². The highest BCUT2D eigenvalue weighted by Crippen LogP contribution is 2.33. The third-order valence-corrected chi connectivity index (χ3v) is 5.57. The van der Waals surface area contributed by atoms with Crippen LogP contribution in [0.1, 0.15) is 60.8 Å². The van der Waals surface area contributed by atoms with E-state index in [1.807, 2.05) is 18.2 Å². The molecule has 2 aromatic heterocycles. The van der Waals surface area contributed by atoms with Gasteiger partial charge < -0.3 is 15.1 Å². The van der Waals surface area contributed by atoms with Crippen LogP contribution < -0.4 is 10.6 Å². The molecule has 1 unspecified atom stereocenters. The number of rotatable bonds is 8. The molecule has 1 aliphatic carbocycles. The van der Waals surface area contributed by atoms with Crippen LogP contribution in [0, 0.1) is 0 Å². The highest BCUT2D eigenvalue weighted by molar-refractivity contribution is 6.03. The molecule has 1 aromatic carbocycles. The largest absolute Gasteiger partial charge is 0.461 e. The van der Waals surface area contributed by atoms with Gasteiger partial charge in [0.25, 0.3) is 5.91 Å². The van der Waals surface area contributed by atoms with Crippen molar-refractivity contribution >= 4 is 22.6 Å². The lowest BCUT2D eigenvalue weighted by atomic mass is 9.91. The van der Waals surface area contributed by atoms with Crippen molar-refractivity contribution in [2.45, 2.75) is 57.9 Å². The summed E-state index contributed by atoms with van der Waals surface area (Å²) >= 11 is 0. The van der Waals surface area contributed by atoms with Gasteiger partial charge in [-0.15, -0.1) is 5.10 Å². The zero-order valence-corrected chi connectivity index (χ0v) is 16.9. The van der Waals surface area contributed by atoms with Crippen molar-refractivity contribution in [1.29, 1.82) is 0 Å². The van der Waals surface area contributed by atoms with E-state index in [2.05, 4.69) is 27.8 Å². The first-order valence-corrected chi connectivity index (χ1v) is 10.6. The van der Waals surface area contributed by atoms with Crippen molar-refractivity contribution in [2.24, 2.45) is 0 Å². The number of hydrogen-bond acceptors (Lipinski definition) is 5. The Morgan fingerprint density at radius 2 is 2.17 bits per heavy atom. The fraction of sp³-hybridized carbons (Fsp3) is 0.435. The van der Waals surface area contributed by atoms with Crippen molar-refractivity contribution in [3.63, 3.8) is 0 Å². The Hall–Kier alpha value is -2.73. The number of amides is 1. The van der Waals surface area contributed by atoms with Gasteiger partial charge in [0.15, 0.2) is 5.69 Å². The van der Waals surface area contributed by atoms with E-state index in [4.69, 9.17) is 4.42 Å². The molecule has 152 valence electrons. The molecule has 0 bridgehead atoms. The molecule has 0 aliphatic heterocycles. The second kappa shape index (κ2) is 9.18. The maximum Gasteiger partial charge on any atom is 0.276 e. The van der Waals surface area contributed by atoms with Gasteiger partial charge in [0.05, 0.1) is 0 Å². The molecule has 29 heavy (non-hydrogen) atoms. The lowest BCUT2D eigenvalue weighted by Gasteiger charge is -2.23. The number of furan rings is 1. The minimum Gasteiger partial charge on any atom is -0.461 e. The van der Waals surface area contributed by atoms with Gasteiger partial charge >= 0.3 is 0 Å². The first-order valence-electron chi connectivity index (χ1n) is 10.6. The first-order chi connectivity index (χ1) is 14.2. The number of aryl methyl sites for hydroxylation is 1. The van der Waals surface area contributed by atoms with Crippen molar-refractivity contribution in [2.75, 3.05) is 11.9 Å². The summed E-state index contributed by atoms with van der Waals surface area (Å²) in [6.45, 7) is 3.32. The molecule has 0 radical (unpaired) electrons. The lowest BCUT2D eigenvalue weighted by molar-refractivity contribution is 0.102. The molecule has 1 aliphatic rings. The quantitative estimate of drug-likeness (QED) is 0.552. The molecule has 6 heteroatoms. The summed E-state index contributed by atoms with van der Waals surface area (Å²) in [6, 6.07) is 9.66. The second-order valence-electron chi connectivity index (χ2n) is 7.73. The number of aromatic nitrogens is 2. The Bertz CT molecular complexity index is 968. The molecule has 0 saturated heterocycles. The van der Waals surface area contributed by atoms with Crippen LogP contribution in [-0.2, 0) is 12.8 Å². The minimum absolute atomic E-state index is 0.263. The standard InChI is InChI=1S/C23H28N4O2/c1-2-3-4-5-12-24-16-8-10-21-18(14-16)19-15-17(9-11-22(19)29-21)26-23(28)20-7-6-13-25-27-20/h6-7,9,11,13,15-16,24H,2-5,8,10,12,14H2,1H3,(H,26,28). The molecule has 2 N–H and O–H groups in total. The highest BCUT2D eigenvalue weighted by atomic mass is 16.3. The van der Waals surface area contributed by atoms with Gasteiger partial charge in [0, 0.05) is 35.3 Å². The Morgan fingerprint density at radius 1 is 1.24 bits per heavy atom. The van der Waals surface area contributed by atoms with E-state index in [-0.39, 0.29) is 5.91 Å². The van der Waals surface area contributed by atoms with E-state index in [0.29, 0.717) is 11.7 Å². The molecule has 4 rings (SSSR count). The smallest absolute Gasteiger partial charge is 0.276 e. The van der Waals surface area contributed by atoms with Crippen LogP contribution in [-0.4, -0.2) is 28.7 Å². The van der Waals surface area contributed by atoms with Gasteiger partial charge in [0.2, 0.25) is 0 Å². The average Bonchev–Trinajstić information content (AvgIpc) is 3.11. The van der Waals surface area contributed by atoms with Crippen LogP contribution in [0.3, 0.4) is 0 Å². The van der Waals surface area contributed by atoms with Gasteiger partial charge in [-0.25, -0.2) is 0 Å². The monoisotopic (exact) mass is 392 g/mol. The maximum absolute atomic E-state index is 12.4. The molecule has 2 heterocycles. The number of fused-ring (bicyclic) bond motifs is 3. The summed E-state index contributed by atoms with van der Waals surface area (Å²) < 4.78 is 6.08. The van der Waals surface area contributed by atoms with E-state index in [9.17, 15) is 4.79 Å². The fourth-order valence-electron chi connectivity index (χ4n) is 4.01. The summed E-state index contributed by atoms with van der Waals surface area (Å²) in [6.07, 6.45) is 9.70. The van der Waals surface area contributed by atoms with Crippen LogP contribution in [0.25, 0.3) is 11.0 Å². The SMILES string of the molecule is CCCCCCNC1CCc2oc3ccc(NC(=O)c4cccnn4)cc3c2C1. The van der Waals surface area contributed by atoms with Crippen LogP contribution in [0.2, 0.25) is 0 Å². The highest BCUT2D eigenvalue weighted by Gasteiger charge is 2.24. The predicted molar refractivity (Wildman–Crippen MR) is 114 cm³/mol. The number of carbonyl (C=O) groups is 1. The molecule has 0 spiro atoms. The average molecular weight is 393 g/mol. The molecular formula is C23H28N4O2. The summed E-state index contributed by atoms with van der Waals surface area (Å²) in [5, 5.41) is 15.4. The lowest BCUT2D eigenvalue weighted by Crippen LogP contribution is -2.34. The first kappa shape index (κ1) is 19.6. The van der Waals surface area contributed by atoms with Crippen LogP contribution in [0.5, 0.6) is 0 Å². The number of nitrogens with zero attached hydrogens (tertiary/aromatic N) is 2. The zero-order chi connectivity index (χ0) is 20.1. The number of anilines is 1. The number of hydrogen-bond donors (Lipinski definition) is 2. The predicted octanol–water partition coefficient (Wildman–Crippen LogP) is 4.50. The van der Waals surface area contributed by atoms with Gasteiger partial charge in [-0.1, -0.05) is 26.2 Å². The van der Waals surface area contributed by atoms with E-state index < -0.39 is 0 Å². The normalized spacial score (nSPS) is 16.0. The van der Waals surface area contributed by atoms with Crippen LogP contribution in [0.15, 0.2) is 40.9 Å². The van der Waals surface area contributed by atoms with E-state index >= 15 is 0 Å². The number of benzene rings is 1. The number of carbonyl (C=O) groups excluding carboxylic acids is 1. The Balaban J connectivity index is 1.45. The van der Waals surface area contributed by atoms with Crippen molar-refractivity contribution in [3.8, 4) is 0 Å². The van der Waals surface area contributed by atoms with E-state index in [1.165, 1.54) is 31.2 Å². The number of nitrogens with one attached hydrogen (secondary N) is 2. The molecule has 3 aromatic rings. The molecular weight excluding hydrogens is 364 g/mol. The van der Waals surface area contributed by atoms with Gasteiger partial charge in [0.1, 0.15) is 11.3 Å². The minimum atomic E-state index is -0.263. The van der Waals surface area contributed by atoms with Crippen LogP contribution in [0.4, 0.5) is 5.69 Å². The fourth-order valence-corrected chi connectivity index (χ4v) is 4.01. The van der Waals surface area contributed by atoms with Crippen molar-refractivity contribution in [3.05, 3.63) is 53.5 Å². The van der Waals surface area contributed by atoms with Crippen LogP contribution >= 0.6 is 0 Å². The summed E-state index contributed by atoms with van der Waals surface area (Å²) in [5.41, 5.74) is 3.20. The second-order valence-corrected chi connectivity index (χ2v) is 7.73. The van der Waals surface area contributed by atoms with Gasteiger partial charge in [-0.3, -0.25) is 4.79 Å². The van der Waals surface area contributed by atoms with E-state index in [0.717, 1.165) is 48.2 Å². The molecule has 1 amide bonds. The summed E-state index contributed by atoms with van der Waals surface area (Å²) in [5.74, 6) is 0.822. The van der Waals surface area contributed by atoms with Crippen molar-refractivity contribution in [1.82, 2.24) is 15.5 Å². The Kier molecular flexibility index (Phi) is 6.20. The third-order valence-electron chi connectivity index (χ3n) is 5.57. The van der Waals surface area contributed by atoms with E-state index in [1.54, 1.807) is 18.3 Å². The van der Waals surface area contributed by atoms with Gasteiger partial charge in [-0.2, -0.15) is 5.10 Å². The summed E-state index contributed by atoms with van der Waals surface area (Å²) in [7, 11) is 0. The summed E-state index contributed by atoms with van der Waals surface area (Å²) in [4.78, 5) is 12.4. The Morgan fingerprint density at radius 3 is 3.00 bits per heavy atom. The molecule has 6 nitrogen and oxygen atoms in total. The molecule has 0 fully saturated rings. The zero-order valence-electron chi connectivity index (χ0n) is 16.9. The third kappa shape index (κ3) is 4.65. The van der Waals surface area contributed by atoms with Crippen molar-refractivity contribution < 1.29 is 9.21 Å². The maximum atomic E-state index is 12.4. The molecule has 0 saturated carbocycles. The number of unbranched alkanes of at least 4 members (excludes halogenated alkanes) is 3. The molecule has 1 atom stereocenters. The van der Waals surface area contributed by atoms with Gasteiger partial charge in [-0.05, 0) is 56.1 Å². The topological polar surface area (TPSA) is 80.0 Å².